The number of urea groups is 1. The molecule has 0 spiro atoms. The summed E-state index contributed by atoms with van der Waals surface area (Å²) >= 11 is 0. The highest BCUT2D eigenvalue weighted by atomic mass is 16.7. The lowest BCUT2D eigenvalue weighted by Gasteiger charge is -2.16. The van der Waals surface area contributed by atoms with Gasteiger partial charge in [0.15, 0.2) is 6.29 Å². The van der Waals surface area contributed by atoms with Crippen molar-refractivity contribution >= 4 is 22.5 Å². The van der Waals surface area contributed by atoms with E-state index in [2.05, 4.69) is 10.6 Å². The molecule has 130 valence electrons. The van der Waals surface area contributed by atoms with Crippen LogP contribution in [0.25, 0.3) is 10.8 Å². The molecule has 0 heterocycles. The predicted octanol–water partition coefficient (Wildman–Crippen LogP) is 4.14. The number of hydrogen-bond donors (Lipinski definition) is 2. The molecule has 0 aromatic heterocycles. The number of fused-ring (bicyclic) bond motifs is 1. The zero-order valence-corrected chi connectivity index (χ0v) is 14.4. The second-order valence-electron chi connectivity index (χ2n) is 5.43. The maximum absolute atomic E-state index is 12.0. The fourth-order valence-electron chi connectivity index (χ4n) is 2.50. The van der Waals surface area contributed by atoms with Gasteiger partial charge < -0.3 is 20.1 Å². The van der Waals surface area contributed by atoms with Gasteiger partial charge in [0.05, 0.1) is 0 Å². The molecule has 0 unspecified atom stereocenters. The van der Waals surface area contributed by atoms with E-state index in [-0.39, 0.29) is 12.3 Å². The predicted molar refractivity (Wildman–Crippen MR) is 97.2 cm³/mol. The molecule has 0 fully saturated rings. The summed E-state index contributed by atoms with van der Waals surface area (Å²) in [6, 6.07) is 13.7. The second kappa shape index (κ2) is 9.90. The lowest BCUT2D eigenvalue weighted by molar-refractivity contribution is -0.139. The molecule has 5 nitrogen and oxygen atoms in total. The summed E-state index contributed by atoms with van der Waals surface area (Å²) in [6.45, 7) is 5.72. The molecule has 0 radical (unpaired) electrons. The van der Waals surface area contributed by atoms with Gasteiger partial charge in [0.25, 0.3) is 0 Å². The number of rotatable bonds is 9. The molecule has 24 heavy (non-hydrogen) atoms. The van der Waals surface area contributed by atoms with E-state index in [0.717, 1.165) is 29.3 Å². The first-order valence-corrected chi connectivity index (χ1v) is 8.49. The number of carbonyl (C=O) groups is 1. The quantitative estimate of drug-likeness (QED) is 0.536. The molecule has 2 N–H and O–H groups in total. The van der Waals surface area contributed by atoms with E-state index in [1.54, 1.807) is 0 Å². The largest absolute Gasteiger partial charge is 0.353 e. The van der Waals surface area contributed by atoms with Gasteiger partial charge in [-0.3, -0.25) is 0 Å². The van der Waals surface area contributed by atoms with E-state index in [0.29, 0.717) is 19.8 Å². The number of anilines is 1. The van der Waals surface area contributed by atoms with Crippen molar-refractivity contribution in [3.8, 4) is 0 Å². The van der Waals surface area contributed by atoms with Crippen molar-refractivity contribution in [1.29, 1.82) is 0 Å². The number of ether oxygens (including phenoxy) is 2. The third-order valence-electron chi connectivity index (χ3n) is 3.61. The van der Waals surface area contributed by atoms with Crippen molar-refractivity contribution < 1.29 is 14.3 Å². The highest BCUT2D eigenvalue weighted by Gasteiger charge is 2.08. The molecule has 0 atom stereocenters. The topological polar surface area (TPSA) is 59.6 Å². The van der Waals surface area contributed by atoms with Crippen LogP contribution in [0.15, 0.2) is 42.5 Å². The molecule has 2 aromatic carbocycles. The third-order valence-corrected chi connectivity index (χ3v) is 3.61. The Balaban J connectivity index is 1.74. The molecule has 0 bridgehead atoms. The fourth-order valence-corrected chi connectivity index (χ4v) is 2.50. The average molecular weight is 330 g/mol. The lowest BCUT2D eigenvalue weighted by atomic mass is 10.1. The SMILES string of the molecule is CCOC(CCCNC(=O)Nc1ccc2ccccc2c1)OCC. The van der Waals surface area contributed by atoms with Gasteiger partial charge in [-0.15, -0.1) is 0 Å². The van der Waals surface area contributed by atoms with Crippen LogP contribution >= 0.6 is 0 Å². The Morgan fingerprint density at radius 1 is 1.04 bits per heavy atom. The molecule has 2 rings (SSSR count). The Morgan fingerprint density at radius 2 is 1.75 bits per heavy atom. The Kier molecular flexibility index (Phi) is 7.52. The van der Waals surface area contributed by atoms with Crippen molar-refractivity contribution in [2.24, 2.45) is 0 Å². The van der Waals surface area contributed by atoms with Gasteiger partial charge in [0.1, 0.15) is 0 Å². The highest BCUT2D eigenvalue weighted by Crippen LogP contribution is 2.18. The Labute approximate surface area is 143 Å². The number of nitrogens with one attached hydrogen (secondary N) is 2. The van der Waals surface area contributed by atoms with Gasteiger partial charge in [-0.2, -0.15) is 0 Å². The maximum Gasteiger partial charge on any atom is 0.319 e. The zero-order valence-electron chi connectivity index (χ0n) is 14.4. The summed E-state index contributed by atoms with van der Waals surface area (Å²) in [7, 11) is 0. The molecular weight excluding hydrogens is 304 g/mol. The maximum atomic E-state index is 12.0. The molecule has 2 amide bonds. The Morgan fingerprint density at radius 3 is 2.46 bits per heavy atom. The minimum absolute atomic E-state index is 0.189. The van der Waals surface area contributed by atoms with E-state index in [9.17, 15) is 4.79 Å². The summed E-state index contributed by atoms with van der Waals surface area (Å²) in [5.74, 6) is 0. The van der Waals surface area contributed by atoms with Crippen molar-refractivity contribution in [3.05, 3.63) is 42.5 Å². The van der Waals surface area contributed by atoms with Gasteiger partial charge >= 0.3 is 6.03 Å². The monoisotopic (exact) mass is 330 g/mol. The molecule has 0 aliphatic carbocycles. The van der Waals surface area contributed by atoms with Crippen molar-refractivity contribution in [2.75, 3.05) is 25.1 Å². The first-order valence-electron chi connectivity index (χ1n) is 8.49. The standard InChI is InChI=1S/C19H26N2O3/c1-3-23-18(24-4-2)10-7-13-20-19(22)21-17-12-11-15-8-5-6-9-16(15)14-17/h5-6,8-9,11-12,14,18H,3-4,7,10,13H2,1-2H3,(H2,20,21,22). The second-order valence-corrected chi connectivity index (χ2v) is 5.43. The Hall–Kier alpha value is -2.11. The van der Waals surface area contributed by atoms with Crippen LogP contribution in [-0.2, 0) is 9.47 Å². The van der Waals surface area contributed by atoms with E-state index >= 15 is 0 Å². The molecule has 0 saturated heterocycles. The summed E-state index contributed by atoms with van der Waals surface area (Å²) in [5, 5.41) is 7.97. The zero-order chi connectivity index (χ0) is 17.2. The number of amides is 2. The smallest absolute Gasteiger partial charge is 0.319 e. The minimum Gasteiger partial charge on any atom is -0.353 e. The molecule has 0 aliphatic heterocycles. The van der Waals surface area contributed by atoms with Gasteiger partial charge in [0.2, 0.25) is 0 Å². The first-order chi connectivity index (χ1) is 11.7. The summed E-state index contributed by atoms with van der Waals surface area (Å²) in [5.41, 5.74) is 0.785. The van der Waals surface area contributed by atoms with Gasteiger partial charge in [-0.1, -0.05) is 30.3 Å². The van der Waals surface area contributed by atoms with Gasteiger partial charge in [0, 0.05) is 31.9 Å². The molecule has 2 aromatic rings. The van der Waals surface area contributed by atoms with Gasteiger partial charge in [-0.05, 0) is 43.2 Å². The van der Waals surface area contributed by atoms with E-state index in [1.807, 2.05) is 56.3 Å². The summed E-state index contributed by atoms with van der Waals surface area (Å²) in [6.07, 6.45) is 1.37. The lowest BCUT2D eigenvalue weighted by Crippen LogP contribution is -2.30. The van der Waals surface area contributed by atoms with Gasteiger partial charge in [-0.25, -0.2) is 4.79 Å². The molecule has 5 heteroatoms. The van der Waals surface area contributed by atoms with Crippen LogP contribution in [0.1, 0.15) is 26.7 Å². The first kappa shape index (κ1) is 18.2. The summed E-state index contributed by atoms with van der Waals surface area (Å²) < 4.78 is 11.0. The summed E-state index contributed by atoms with van der Waals surface area (Å²) in [4.78, 5) is 12.0. The van der Waals surface area contributed by atoms with Crippen LogP contribution in [0.5, 0.6) is 0 Å². The van der Waals surface area contributed by atoms with Crippen molar-refractivity contribution in [3.63, 3.8) is 0 Å². The molecular formula is C19H26N2O3. The molecule has 0 saturated carbocycles. The average Bonchev–Trinajstić information content (AvgIpc) is 2.59. The Bertz CT molecular complexity index is 639. The molecule has 0 aliphatic rings. The van der Waals surface area contributed by atoms with E-state index in [1.165, 1.54) is 0 Å². The highest BCUT2D eigenvalue weighted by molar-refractivity contribution is 5.93. The number of hydrogen-bond acceptors (Lipinski definition) is 3. The van der Waals surface area contributed by atoms with Crippen LogP contribution in [0.2, 0.25) is 0 Å². The van der Waals surface area contributed by atoms with Crippen LogP contribution in [0.4, 0.5) is 10.5 Å². The third kappa shape index (κ3) is 5.83. The van der Waals surface area contributed by atoms with Crippen LogP contribution in [-0.4, -0.2) is 32.1 Å². The van der Waals surface area contributed by atoms with Crippen LogP contribution < -0.4 is 10.6 Å². The van der Waals surface area contributed by atoms with Crippen molar-refractivity contribution in [1.82, 2.24) is 5.32 Å². The van der Waals surface area contributed by atoms with Crippen LogP contribution in [0.3, 0.4) is 0 Å². The van der Waals surface area contributed by atoms with E-state index < -0.39 is 0 Å². The van der Waals surface area contributed by atoms with Crippen molar-refractivity contribution in [2.45, 2.75) is 33.0 Å². The fraction of sp³-hybridized carbons (Fsp3) is 0.421. The number of benzene rings is 2. The van der Waals surface area contributed by atoms with E-state index in [4.69, 9.17) is 9.47 Å². The van der Waals surface area contributed by atoms with Crippen LogP contribution in [0, 0.1) is 0 Å². The number of carbonyl (C=O) groups excluding carboxylic acids is 1. The normalized spacial score (nSPS) is 11.0. The minimum atomic E-state index is -0.199.